The molecule has 5 nitrogen and oxygen atoms in total. The van der Waals surface area contributed by atoms with Gasteiger partial charge in [-0.05, 0) is 12.5 Å². The van der Waals surface area contributed by atoms with Gasteiger partial charge >= 0.3 is 0 Å². The summed E-state index contributed by atoms with van der Waals surface area (Å²) in [6, 6.07) is 6.81. The van der Waals surface area contributed by atoms with Gasteiger partial charge in [0.25, 0.3) is 9.70 Å². The molecule has 1 aromatic rings. The predicted octanol–water partition coefficient (Wildman–Crippen LogP) is 1.74. The fourth-order valence-electron chi connectivity index (χ4n) is 2.40. The average molecular weight is 400 g/mol. The Morgan fingerprint density at radius 3 is 2.30 bits per heavy atom. The molecule has 1 heterocycles. The van der Waals surface area contributed by atoms with Crippen LogP contribution in [0.2, 0.25) is 0 Å². The number of alkyl halides is 3. The minimum Gasteiger partial charge on any atom is -0.347 e. The fraction of sp³-hybridized carbons (Fsp3) is 0.500. The normalized spacial score (nSPS) is 23.7. The summed E-state index contributed by atoms with van der Waals surface area (Å²) in [5.41, 5.74) is 2.16. The summed E-state index contributed by atoms with van der Waals surface area (Å²) in [5, 5.41) is 5.65. The van der Waals surface area contributed by atoms with E-state index < -0.39 is 31.6 Å². The van der Waals surface area contributed by atoms with Crippen molar-refractivity contribution in [3.63, 3.8) is 0 Å². The van der Waals surface area contributed by atoms with Crippen LogP contribution >= 0.6 is 34.8 Å². The van der Waals surface area contributed by atoms with Crippen molar-refractivity contribution in [2.45, 2.75) is 29.3 Å². The van der Waals surface area contributed by atoms with Gasteiger partial charge in [-0.2, -0.15) is 0 Å². The number of benzene rings is 1. The minimum absolute atomic E-state index is 0.0658. The molecule has 2 atom stereocenters. The molecular weight excluding hydrogens is 383 g/mol. The number of nitrogens with one attached hydrogen (secondary N) is 2. The number of rotatable bonds is 4. The smallest absolute Gasteiger partial charge is 0.272 e. The van der Waals surface area contributed by atoms with Crippen molar-refractivity contribution in [2.75, 3.05) is 11.5 Å². The molecule has 9 heteroatoms. The second-order valence-electron chi connectivity index (χ2n) is 5.63. The van der Waals surface area contributed by atoms with E-state index in [1.54, 1.807) is 0 Å². The molecule has 1 amide bonds. The molecule has 0 saturated carbocycles. The minimum atomic E-state index is -3.25. The summed E-state index contributed by atoms with van der Waals surface area (Å²) < 4.78 is 21.6. The average Bonchev–Trinajstić information content (AvgIpc) is 2.71. The van der Waals surface area contributed by atoms with Crippen LogP contribution in [0.3, 0.4) is 0 Å². The number of aryl methyl sites for hydroxylation is 1. The summed E-state index contributed by atoms with van der Waals surface area (Å²) in [6.07, 6.45) is 0. The van der Waals surface area contributed by atoms with Crippen LogP contribution in [0, 0.1) is 6.92 Å². The third-order valence-electron chi connectivity index (χ3n) is 3.62. The standard InChI is InChI=1S/C14H17Cl3N2O3S/c1-9-2-4-10(5-3-9)6-18-11-7-23(21,22)8-12(11)19-13(20)14(15,16)17/h2-5,11-12,18H,6-8H2,1H3,(H,19,20)/t11-,12+/m1/s1. The van der Waals surface area contributed by atoms with Crippen LogP contribution in [0.15, 0.2) is 24.3 Å². The topological polar surface area (TPSA) is 75.3 Å². The van der Waals surface area contributed by atoms with Crippen molar-refractivity contribution in [3.8, 4) is 0 Å². The second-order valence-corrected chi connectivity index (χ2v) is 10.1. The molecule has 2 N–H and O–H groups in total. The first-order valence-electron chi connectivity index (χ1n) is 6.94. The summed E-state index contributed by atoms with van der Waals surface area (Å²) in [6.45, 7) is 2.48. The summed E-state index contributed by atoms with van der Waals surface area (Å²) in [7, 11) is -3.25. The SMILES string of the molecule is Cc1ccc(CN[C@@H]2CS(=O)(=O)C[C@@H]2NC(=O)C(Cl)(Cl)Cl)cc1. The summed E-state index contributed by atoms with van der Waals surface area (Å²) in [5.74, 6) is -1.07. The first-order valence-corrected chi connectivity index (χ1v) is 9.89. The van der Waals surface area contributed by atoms with Crippen molar-refractivity contribution >= 4 is 50.5 Å². The third kappa shape index (κ3) is 5.50. The van der Waals surface area contributed by atoms with E-state index >= 15 is 0 Å². The number of carbonyl (C=O) groups excluding carboxylic acids is 1. The quantitative estimate of drug-likeness (QED) is 0.756. The van der Waals surface area contributed by atoms with E-state index in [9.17, 15) is 13.2 Å². The first-order chi connectivity index (χ1) is 10.6. The van der Waals surface area contributed by atoms with Gasteiger partial charge in [0.1, 0.15) is 0 Å². The number of sulfone groups is 1. The van der Waals surface area contributed by atoms with Gasteiger partial charge in [0, 0.05) is 12.6 Å². The largest absolute Gasteiger partial charge is 0.347 e. The van der Waals surface area contributed by atoms with Crippen molar-refractivity contribution in [2.24, 2.45) is 0 Å². The Morgan fingerprint density at radius 2 is 1.74 bits per heavy atom. The van der Waals surface area contributed by atoms with Gasteiger partial charge in [-0.15, -0.1) is 0 Å². The summed E-state index contributed by atoms with van der Waals surface area (Å²) >= 11 is 16.6. The van der Waals surface area contributed by atoms with Crippen LogP contribution in [-0.2, 0) is 21.2 Å². The maximum atomic E-state index is 11.8. The highest BCUT2D eigenvalue weighted by Crippen LogP contribution is 2.27. The van der Waals surface area contributed by atoms with E-state index in [2.05, 4.69) is 10.6 Å². The molecule has 0 bridgehead atoms. The van der Waals surface area contributed by atoms with Crippen LogP contribution in [0.5, 0.6) is 0 Å². The maximum absolute atomic E-state index is 11.8. The van der Waals surface area contributed by atoms with Crippen molar-refractivity contribution in [1.82, 2.24) is 10.6 Å². The van der Waals surface area contributed by atoms with E-state index in [1.165, 1.54) is 0 Å². The molecule has 0 aliphatic carbocycles. The molecular formula is C14H17Cl3N2O3S. The van der Waals surface area contributed by atoms with E-state index in [-0.39, 0.29) is 11.5 Å². The van der Waals surface area contributed by atoms with Crippen molar-refractivity contribution in [1.29, 1.82) is 0 Å². The fourth-order valence-corrected chi connectivity index (χ4v) is 4.46. The molecule has 1 aliphatic rings. The Hall–Kier alpha value is -0.530. The molecule has 0 unspecified atom stereocenters. The molecule has 128 valence electrons. The first kappa shape index (κ1) is 18.8. The monoisotopic (exact) mass is 398 g/mol. The van der Waals surface area contributed by atoms with E-state index in [0.717, 1.165) is 11.1 Å². The maximum Gasteiger partial charge on any atom is 0.272 e. The lowest BCUT2D eigenvalue weighted by Crippen LogP contribution is -2.51. The molecule has 2 rings (SSSR count). The number of hydrogen-bond donors (Lipinski definition) is 2. The number of hydrogen-bond acceptors (Lipinski definition) is 4. The molecule has 0 spiro atoms. The highest BCUT2D eigenvalue weighted by molar-refractivity contribution is 7.91. The van der Waals surface area contributed by atoms with Gasteiger partial charge in [-0.1, -0.05) is 64.6 Å². The third-order valence-corrected chi connectivity index (χ3v) is 5.86. The lowest BCUT2D eigenvalue weighted by atomic mass is 10.1. The zero-order valence-corrected chi connectivity index (χ0v) is 15.4. The van der Waals surface area contributed by atoms with Gasteiger partial charge in [0.05, 0.1) is 17.5 Å². The zero-order chi connectivity index (χ0) is 17.3. The van der Waals surface area contributed by atoms with Crippen LogP contribution in [0.4, 0.5) is 0 Å². The Labute approximate surface area is 150 Å². The molecule has 0 aromatic heterocycles. The molecule has 0 radical (unpaired) electrons. The van der Waals surface area contributed by atoms with E-state index in [1.807, 2.05) is 31.2 Å². The van der Waals surface area contributed by atoms with Crippen LogP contribution in [0.1, 0.15) is 11.1 Å². The van der Waals surface area contributed by atoms with Gasteiger partial charge in [0.15, 0.2) is 9.84 Å². The highest BCUT2D eigenvalue weighted by atomic mass is 35.6. The highest BCUT2D eigenvalue weighted by Gasteiger charge is 2.41. The van der Waals surface area contributed by atoms with Gasteiger partial charge in [-0.3, -0.25) is 4.79 Å². The number of halogens is 3. The predicted molar refractivity (Wildman–Crippen MR) is 92.7 cm³/mol. The Morgan fingerprint density at radius 1 is 1.17 bits per heavy atom. The molecule has 23 heavy (non-hydrogen) atoms. The van der Waals surface area contributed by atoms with Gasteiger partial charge < -0.3 is 10.6 Å². The van der Waals surface area contributed by atoms with Crippen molar-refractivity contribution < 1.29 is 13.2 Å². The molecule has 1 fully saturated rings. The van der Waals surface area contributed by atoms with E-state index in [4.69, 9.17) is 34.8 Å². The van der Waals surface area contributed by atoms with Gasteiger partial charge in [0.2, 0.25) is 0 Å². The van der Waals surface area contributed by atoms with Gasteiger partial charge in [-0.25, -0.2) is 8.42 Å². The molecule has 1 aromatic carbocycles. The second kappa shape index (κ2) is 7.15. The number of amides is 1. The van der Waals surface area contributed by atoms with Crippen molar-refractivity contribution in [3.05, 3.63) is 35.4 Å². The summed E-state index contributed by atoms with van der Waals surface area (Å²) in [4.78, 5) is 11.8. The van der Waals surface area contributed by atoms with Crippen LogP contribution in [0.25, 0.3) is 0 Å². The molecule has 1 saturated heterocycles. The van der Waals surface area contributed by atoms with Crippen LogP contribution < -0.4 is 10.6 Å². The Bertz CT molecular complexity index is 672. The number of carbonyl (C=O) groups is 1. The lowest BCUT2D eigenvalue weighted by molar-refractivity contribution is -0.120. The van der Waals surface area contributed by atoms with Crippen LogP contribution in [-0.4, -0.2) is 41.7 Å². The van der Waals surface area contributed by atoms with E-state index in [0.29, 0.717) is 6.54 Å². The zero-order valence-electron chi connectivity index (χ0n) is 12.4. The lowest BCUT2D eigenvalue weighted by Gasteiger charge is -2.22. The molecule has 1 aliphatic heterocycles. The Kier molecular flexibility index (Phi) is 5.85. The Balaban J connectivity index is 2.02.